The highest BCUT2D eigenvalue weighted by molar-refractivity contribution is 6.32. The molecule has 1 aromatic rings. The van der Waals surface area contributed by atoms with E-state index < -0.39 is 16.2 Å². The first-order valence-corrected chi connectivity index (χ1v) is 4.84. The lowest BCUT2D eigenvalue weighted by atomic mass is 10.2. The van der Waals surface area contributed by atoms with Crippen LogP contribution in [0.4, 0.5) is 5.69 Å². The molecule has 1 heterocycles. The molecule has 1 rings (SSSR count). The first-order valence-electron chi connectivity index (χ1n) is 4.46. The average molecular weight is 231 g/mol. The Labute approximate surface area is 91.4 Å². The van der Waals surface area contributed by atoms with Crippen LogP contribution in [0.2, 0.25) is 5.02 Å². The van der Waals surface area contributed by atoms with Gasteiger partial charge >= 0.3 is 11.2 Å². The molecular weight excluding hydrogens is 220 g/mol. The van der Waals surface area contributed by atoms with Gasteiger partial charge in [0, 0.05) is 12.7 Å². The van der Waals surface area contributed by atoms with Gasteiger partial charge in [-0.1, -0.05) is 25.4 Å². The van der Waals surface area contributed by atoms with Crippen LogP contribution < -0.4 is 5.56 Å². The van der Waals surface area contributed by atoms with Crippen molar-refractivity contribution >= 4 is 17.3 Å². The standard InChI is InChI=1S/C9H11ClN2O3/c1-6(2)5-11-4-3-7(10)8(9(11)13)12(14)15/h3-4,6H,5H2,1-2H3. The zero-order valence-corrected chi connectivity index (χ0v) is 9.19. The van der Waals surface area contributed by atoms with Gasteiger partial charge in [0.05, 0.1) is 4.92 Å². The lowest BCUT2D eigenvalue weighted by Crippen LogP contribution is -2.24. The van der Waals surface area contributed by atoms with Crippen LogP contribution in [-0.2, 0) is 6.54 Å². The second-order valence-electron chi connectivity index (χ2n) is 3.62. The first kappa shape index (κ1) is 11.7. The Kier molecular flexibility index (Phi) is 3.47. The van der Waals surface area contributed by atoms with Gasteiger partial charge in [0.2, 0.25) is 0 Å². The molecule has 0 N–H and O–H groups in total. The summed E-state index contributed by atoms with van der Waals surface area (Å²) in [6.45, 7) is 4.29. The summed E-state index contributed by atoms with van der Waals surface area (Å²) in [6, 6.07) is 1.36. The summed E-state index contributed by atoms with van der Waals surface area (Å²) in [7, 11) is 0. The molecule has 0 aliphatic heterocycles. The van der Waals surface area contributed by atoms with Gasteiger partial charge in [0.25, 0.3) is 0 Å². The van der Waals surface area contributed by atoms with Crippen molar-refractivity contribution in [2.24, 2.45) is 5.92 Å². The largest absolute Gasteiger partial charge is 0.352 e. The van der Waals surface area contributed by atoms with E-state index in [0.717, 1.165) is 0 Å². The molecule has 5 nitrogen and oxygen atoms in total. The van der Waals surface area contributed by atoms with Crippen LogP contribution in [0.5, 0.6) is 0 Å². The zero-order chi connectivity index (χ0) is 11.6. The van der Waals surface area contributed by atoms with Crippen molar-refractivity contribution < 1.29 is 4.92 Å². The number of nitro groups is 1. The molecule has 1 aromatic heterocycles. The Morgan fingerprint density at radius 2 is 2.20 bits per heavy atom. The van der Waals surface area contributed by atoms with Crippen molar-refractivity contribution in [3.63, 3.8) is 0 Å². The van der Waals surface area contributed by atoms with Crippen LogP contribution >= 0.6 is 11.6 Å². The molecule has 0 amide bonds. The SMILES string of the molecule is CC(C)Cn1ccc(Cl)c([N+](=O)[O-])c1=O. The number of hydrogen-bond donors (Lipinski definition) is 0. The van der Waals surface area contributed by atoms with Gasteiger partial charge in [-0.3, -0.25) is 14.9 Å². The third-order valence-corrected chi connectivity index (χ3v) is 2.14. The van der Waals surface area contributed by atoms with E-state index >= 15 is 0 Å². The van der Waals surface area contributed by atoms with E-state index in [-0.39, 0.29) is 10.9 Å². The van der Waals surface area contributed by atoms with Crippen molar-refractivity contribution in [2.75, 3.05) is 0 Å². The Morgan fingerprint density at radius 3 is 2.67 bits per heavy atom. The van der Waals surface area contributed by atoms with E-state index in [9.17, 15) is 14.9 Å². The number of nitrogens with zero attached hydrogens (tertiary/aromatic N) is 2. The molecule has 0 radical (unpaired) electrons. The lowest BCUT2D eigenvalue weighted by Gasteiger charge is -2.07. The minimum atomic E-state index is -0.749. The van der Waals surface area contributed by atoms with Crippen LogP contribution in [0.1, 0.15) is 13.8 Å². The quantitative estimate of drug-likeness (QED) is 0.590. The smallest absolute Gasteiger partial charge is 0.309 e. The topological polar surface area (TPSA) is 65.1 Å². The molecule has 0 bridgehead atoms. The van der Waals surface area contributed by atoms with Gasteiger partial charge in [-0.2, -0.15) is 0 Å². The maximum atomic E-state index is 11.6. The van der Waals surface area contributed by atoms with E-state index in [0.29, 0.717) is 6.54 Å². The predicted octanol–water partition coefficient (Wildman–Crippen LogP) is 2.07. The fraction of sp³-hybridized carbons (Fsp3) is 0.444. The van der Waals surface area contributed by atoms with Gasteiger partial charge < -0.3 is 4.57 Å². The summed E-state index contributed by atoms with van der Waals surface area (Å²) >= 11 is 5.58. The Morgan fingerprint density at radius 1 is 1.60 bits per heavy atom. The molecule has 0 saturated heterocycles. The maximum absolute atomic E-state index is 11.6. The number of aromatic nitrogens is 1. The number of halogens is 1. The molecule has 0 aromatic carbocycles. The predicted molar refractivity (Wildman–Crippen MR) is 57.2 cm³/mol. The highest BCUT2D eigenvalue weighted by Gasteiger charge is 2.19. The summed E-state index contributed by atoms with van der Waals surface area (Å²) in [5.74, 6) is 0.239. The highest BCUT2D eigenvalue weighted by atomic mass is 35.5. The normalized spacial score (nSPS) is 10.7. The summed E-state index contributed by atoms with van der Waals surface area (Å²) in [6.07, 6.45) is 1.47. The van der Waals surface area contributed by atoms with E-state index in [1.807, 2.05) is 13.8 Å². The molecule has 0 fully saturated rings. The van der Waals surface area contributed by atoms with Gasteiger partial charge in [-0.05, 0) is 12.0 Å². The molecule has 0 aliphatic carbocycles. The Bertz CT molecular complexity index is 439. The van der Waals surface area contributed by atoms with Gasteiger partial charge in [-0.15, -0.1) is 0 Å². The summed E-state index contributed by atoms with van der Waals surface area (Å²) in [5.41, 5.74) is -1.21. The monoisotopic (exact) mass is 230 g/mol. The summed E-state index contributed by atoms with van der Waals surface area (Å²) < 4.78 is 1.30. The van der Waals surface area contributed by atoms with Crippen molar-refractivity contribution in [3.8, 4) is 0 Å². The van der Waals surface area contributed by atoms with E-state index in [1.54, 1.807) is 0 Å². The minimum absolute atomic E-state index is 0.120. The second kappa shape index (κ2) is 4.44. The molecule has 6 heteroatoms. The maximum Gasteiger partial charge on any atom is 0.352 e. The third kappa shape index (κ3) is 2.56. The second-order valence-corrected chi connectivity index (χ2v) is 4.03. The highest BCUT2D eigenvalue weighted by Crippen LogP contribution is 2.18. The van der Waals surface area contributed by atoms with Gasteiger partial charge in [0.1, 0.15) is 5.02 Å². The summed E-state index contributed by atoms with van der Waals surface area (Å²) in [5, 5.41) is 10.5. The van der Waals surface area contributed by atoms with Crippen molar-refractivity contribution in [2.45, 2.75) is 20.4 Å². The molecule has 0 spiro atoms. The molecule has 0 unspecified atom stereocenters. The molecule has 0 aliphatic rings. The Balaban J connectivity index is 3.29. The average Bonchev–Trinajstić information content (AvgIpc) is 2.09. The van der Waals surface area contributed by atoms with Crippen LogP contribution in [0.25, 0.3) is 0 Å². The van der Waals surface area contributed by atoms with Crippen molar-refractivity contribution in [1.82, 2.24) is 4.57 Å². The van der Waals surface area contributed by atoms with Crippen LogP contribution in [-0.4, -0.2) is 9.49 Å². The number of rotatable bonds is 3. The molecule has 82 valence electrons. The third-order valence-electron chi connectivity index (χ3n) is 1.83. The van der Waals surface area contributed by atoms with Crippen molar-refractivity contribution in [3.05, 3.63) is 37.8 Å². The molecular formula is C9H11ClN2O3. The van der Waals surface area contributed by atoms with E-state index in [2.05, 4.69) is 0 Å². The molecule has 0 atom stereocenters. The van der Waals surface area contributed by atoms with E-state index in [1.165, 1.54) is 16.8 Å². The van der Waals surface area contributed by atoms with Crippen LogP contribution in [0, 0.1) is 16.0 Å². The fourth-order valence-corrected chi connectivity index (χ4v) is 1.45. The van der Waals surface area contributed by atoms with Gasteiger partial charge in [-0.25, -0.2) is 0 Å². The lowest BCUT2D eigenvalue weighted by molar-refractivity contribution is -0.386. The molecule has 0 saturated carbocycles. The fourth-order valence-electron chi connectivity index (χ4n) is 1.24. The van der Waals surface area contributed by atoms with Gasteiger partial charge in [0.15, 0.2) is 0 Å². The number of pyridine rings is 1. The minimum Gasteiger partial charge on any atom is -0.309 e. The van der Waals surface area contributed by atoms with E-state index in [4.69, 9.17) is 11.6 Å². The zero-order valence-electron chi connectivity index (χ0n) is 8.44. The van der Waals surface area contributed by atoms with Crippen molar-refractivity contribution in [1.29, 1.82) is 0 Å². The summed E-state index contributed by atoms with van der Waals surface area (Å²) in [4.78, 5) is 21.4. The van der Waals surface area contributed by atoms with Crippen LogP contribution in [0.15, 0.2) is 17.1 Å². The first-order chi connectivity index (χ1) is 6.93. The Hall–Kier alpha value is -1.36. The molecule has 15 heavy (non-hydrogen) atoms. The number of hydrogen-bond acceptors (Lipinski definition) is 3. The van der Waals surface area contributed by atoms with Crippen LogP contribution in [0.3, 0.4) is 0 Å².